The highest BCUT2D eigenvalue weighted by atomic mass is 16.5. The smallest absolute Gasteiger partial charge is 0.324 e. The third-order valence-electron chi connectivity index (χ3n) is 3.01. The van der Waals surface area contributed by atoms with Crippen LogP contribution in [0.2, 0.25) is 0 Å². The number of likely N-dealkylation sites (N-methyl/N-ethyl adjacent to an activating group) is 1. The Kier molecular flexibility index (Phi) is 7.09. The molecule has 0 radical (unpaired) electrons. The van der Waals surface area contributed by atoms with Crippen molar-refractivity contribution in [3.05, 3.63) is 30.3 Å². The quantitative estimate of drug-likeness (QED) is 0.742. The van der Waals surface area contributed by atoms with Crippen molar-refractivity contribution in [2.45, 2.75) is 39.8 Å². The number of benzene rings is 1. The van der Waals surface area contributed by atoms with Gasteiger partial charge in [0.15, 0.2) is 0 Å². The summed E-state index contributed by atoms with van der Waals surface area (Å²) in [5.74, 6) is -0.185. The highest BCUT2D eigenvalue weighted by Gasteiger charge is 2.23. The fraction of sp³-hybridized carbons (Fsp3) is 0.562. The first-order valence-electron chi connectivity index (χ1n) is 7.31. The van der Waals surface area contributed by atoms with Crippen molar-refractivity contribution >= 4 is 11.7 Å². The van der Waals surface area contributed by atoms with Crippen molar-refractivity contribution in [1.29, 1.82) is 0 Å². The molecule has 1 aromatic carbocycles. The van der Waals surface area contributed by atoms with E-state index in [2.05, 4.69) is 29.3 Å². The van der Waals surface area contributed by atoms with Gasteiger partial charge in [-0.2, -0.15) is 0 Å². The van der Waals surface area contributed by atoms with Crippen LogP contribution in [0, 0.1) is 0 Å². The molecule has 0 heterocycles. The zero-order valence-corrected chi connectivity index (χ0v) is 12.9. The molecule has 4 nitrogen and oxygen atoms in total. The van der Waals surface area contributed by atoms with Crippen LogP contribution in [0.1, 0.15) is 27.7 Å². The van der Waals surface area contributed by atoms with Crippen LogP contribution in [0.3, 0.4) is 0 Å². The number of hydrogen-bond donors (Lipinski definition) is 1. The predicted octanol–water partition coefficient (Wildman–Crippen LogP) is 2.44. The highest BCUT2D eigenvalue weighted by Crippen LogP contribution is 2.13. The van der Waals surface area contributed by atoms with Crippen molar-refractivity contribution in [2.75, 3.05) is 24.6 Å². The number of ether oxygens (including phenoxy) is 1. The molecule has 0 bridgehead atoms. The van der Waals surface area contributed by atoms with Gasteiger partial charge in [0.25, 0.3) is 0 Å². The lowest BCUT2D eigenvalue weighted by molar-refractivity contribution is -0.145. The Morgan fingerprint density at radius 1 is 1.25 bits per heavy atom. The monoisotopic (exact) mass is 278 g/mol. The zero-order chi connectivity index (χ0) is 15.0. The van der Waals surface area contributed by atoms with Crippen LogP contribution in [-0.4, -0.2) is 37.7 Å². The maximum atomic E-state index is 12.1. The van der Waals surface area contributed by atoms with Crippen LogP contribution in [0.4, 0.5) is 5.69 Å². The molecule has 112 valence electrons. The van der Waals surface area contributed by atoms with E-state index in [4.69, 9.17) is 4.74 Å². The molecule has 0 fully saturated rings. The van der Waals surface area contributed by atoms with E-state index in [1.54, 1.807) is 0 Å². The summed E-state index contributed by atoms with van der Waals surface area (Å²) in [6.07, 6.45) is 0. The van der Waals surface area contributed by atoms with Gasteiger partial charge in [-0.3, -0.25) is 4.79 Å². The fourth-order valence-electron chi connectivity index (χ4n) is 2.12. The maximum Gasteiger partial charge on any atom is 0.324 e. The maximum absolute atomic E-state index is 12.1. The first kappa shape index (κ1) is 16.5. The van der Waals surface area contributed by atoms with Crippen LogP contribution >= 0.6 is 0 Å². The number of nitrogens with zero attached hydrogens (tertiary/aromatic N) is 1. The summed E-state index contributed by atoms with van der Waals surface area (Å²) in [7, 11) is 0. The average Bonchev–Trinajstić information content (AvgIpc) is 2.44. The summed E-state index contributed by atoms with van der Waals surface area (Å²) in [5.41, 5.74) is 1.12. The van der Waals surface area contributed by atoms with Gasteiger partial charge >= 0.3 is 5.97 Å². The normalized spacial score (nSPS) is 12.2. The van der Waals surface area contributed by atoms with E-state index in [1.165, 1.54) is 0 Å². The van der Waals surface area contributed by atoms with Gasteiger partial charge in [-0.1, -0.05) is 32.0 Å². The lowest BCUT2D eigenvalue weighted by Gasteiger charge is -2.29. The third-order valence-corrected chi connectivity index (χ3v) is 3.01. The minimum atomic E-state index is -0.310. The Balaban J connectivity index is 2.78. The zero-order valence-electron chi connectivity index (χ0n) is 12.9. The molecule has 1 unspecified atom stereocenters. The number of anilines is 1. The van der Waals surface area contributed by atoms with E-state index in [1.807, 2.05) is 39.0 Å². The number of carbonyl (C=O) groups excluding carboxylic acids is 1. The Morgan fingerprint density at radius 2 is 1.90 bits per heavy atom. The topological polar surface area (TPSA) is 41.6 Å². The average molecular weight is 278 g/mol. The lowest BCUT2D eigenvalue weighted by Crippen LogP contribution is -2.49. The van der Waals surface area contributed by atoms with Gasteiger partial charge in [0, 0.05) is 24.8 Å². The van der Waals surface area contributed by atoms with E-state index < -0.39 is 0 Å². The van der Waals surface area contributed by atoms with Gasteiger partial charge in [0.1, 0.15) is 6.04 Å². The predicted molar refractivity (Wildman–Crippen MR) is 83.0 cm³/mol. The number of para-hydroxylation sites is 1. The fourth-order valence-corrected chi connectivity index (χ4v) is 2.12. The van der Waals surface area contributed by atoms with Crippen molar-refractivity contribution in [3.63, 3.8) is 0 Å². The standard InChI is InChI=1S/C16H26N2O2/c1-5-18(14-10-8-7-9-11-14)12-15(17-13(3)4)16(19)20-6-2/h7-11,13,15,17H,5-6,12H2,1-4H3. The Hall–Kier alpha value is -1.55. The molecule has 0 aromatic heterocycles. The first-order chi connectivity index (χ1) is 9.58. The van der Waals surface area contributed by atoms with Gasteiger partial charge in [0.2, 0.25) is 0 Å². The molecule has 0 aliphatic carbocycles. The minimum absolute atomic E-state index is 0.185. The molecule has 1 N–H and O–H groups in total. The molecule has 0 saturated heterocycles. The van der Waals surface area contributed by atoms with Gasteiger partial charge in [0.05, 0.1) is 6.61 Å². The summed E-state index contributed by atoms with van der Waals surface area (Å²) >= 11 is 0. The van der Waals surface area contributed by atoms with Crippen LogP contribution in [0.5, 0.6) is 0 Å². The van der Waals surface area contributed by atoms with Crippen LogP contribution in [-0.2, 0) is 9.53 Å². The summed E-state index contributed by atoms with van der Waals surface area (Å²) in [6.45, 7) is 9.85. The number of rotatable bonds is 8. The second kappa shape index (κ2) is 8.59. The van der Waals surface area contributed by atoms with E-state index in [0.717, 1.165) is 12.2 Å². The molecule has 1 rings (SSSR count). The van der Waals surface area contributed by atoms with Crippen molar-refractivity contribution in [1.82, 2.24) is 5.32 Å². The van der Waals surface area contributed by atoms with E-state index in [9.17, 15) is 4.79 Å². The summed E-state index contributed by atoms with van der Waals surface area (Å²) in [4.78, 5) is 14.2. The SMILES string of the molecule is CCOC(=O)C(CN(CC)c1ccccc1)NC(C)C. The highest BCUT2D eigenvalue weighted by molar-refractivity contribution is 5.76. The number of nitrogens with one attached hydrogen (secondary N) is 1. The molecule has 4 heteroatoms. The molecular weight excluding hydrogens is 252 g/mol. The van der Waals surface area contributed by atoms with E-state index in [0.29, 0.717) is 13.2 Å². The number of esters is 1. The van der Waals surface area contributed by atoms with E-state index in [-0.39, 0.29) is 18.1 Å². The van der Waals surface area contributed by atoms with Crippen molar-refractivity contribution < 1.29 is 9.53 Å². The lowest BCUT2D eigenvalue weighted by atomic mass is 10.2. The molecule has 0 amide bonds. The molecule has 20 heavy (non-hydrogen) atoms. The van der Waals surface area contributed by atoms with Gasteiger partial charge in [-0.25, -0.2) is 0 Å². The van der Waals surface area contributed by atoms with Gasteiger partial charge in [-0.15, -0.1) is 0 Å². The van der Waals surface area contributed by atoms with Crippen LogP contribution < -0.4 is 10.2 Å². The molecule has 1 aromatic rings. The molecule has 0 aliphatic heterocycles. The largest absolute Gasteiger partial charge is 0.465 e. The van der Waals surface area contributed by atoms with Gasteiger partial charge in [-0.05, 0) is 26.0 Å². The molecule has 0 saturated carbocycles. The molecule has 0 aliphatic rings. The molecule has 0 spiro atoms. The van der Waals surface area contributed by atoms with Crippen molar-refractivity contribution in [3.8, 4) is 0 Å². The van der Waals surface area contributed by atoms with Crippen LogP contribution in [0.15, 0.2) is 30.3 Å². The van der Waals surface area contributed by atoms with Crippen LogP contribution in [0.25, 0.3) is 0 Å². The molecule has 1 atom stereocenters. The summed E-state index contributed by atoms with van der Waals surface area (Å²) in [6, 6.07) is 10.0. The molecular formula is C16H26N2O2. The third kappa shape index (κ3) is 5.21. The Bertz CT molecular complexity index is 393. The van der Waals surface area contributed by atoms with E-state index >= 15 is 0 Å². The number of carbonyl (C=O) groups is 1. The Morgan fingerprint density at radius 3 is 2.40 bits per heavy atom. The Labute approximate surface area is 122 Å². The number of hydrogen-bond acceptors (Lipinski definition) is 4. The van der Waals surface area contributed by atoms with Gasteiger partial charge < -0.3 is 15.0 Å². The minimum Gasteiger partial charge on any atom is -0.465 e. The second-order valence-corrected chi connectivity index (χ2v) is 5.00. The summed E-state index contributed by atoms with van der Waals surface area (Å²) < 4.78 is 5.16. The van der Waals surface area contributed by atoms with Crippen molar-refractivity contribution in [2.24, 2.45) is 0 Å². The second-order valence-electron chi connectivity index (χ2n) is 5.00. The summed E-state index contributed by atoms with van der Waals surface area (Å²) in [5, 5.41) is 3.28. The first-order valence-corrected chi connectivity index (χ1v) is 7.31.